The number of thioether (sulfide) groups is 1. The van der Waals surface area contributed by atoms with E-state index in [1.54, 1.807) is 47.4 Å². The summed E-state index contributed by atoms with van der Waals surface area (Å²) in [6.45, 7) is 0.121. The van der Waals surface area contributed by atoms with Crippen molar-refractivity contribution in [2.75, 3.05) is 9.80 Å². The Hall–Kier alpha value is -5.29. The summed E-state index contributed by atoms with van der Waals surface area (Å²) in [5.74, 6) is -0.689. The first-order valence-corrected chi connectivity index (χ1v) is 17.6. The summed E-state index contributed by atoms with van der Waals surface area (Å²) in [5, 5.41) is 12.2. The van der Waals surface area contributed by atoms with E-state index in [-0.39, 0.29) is 34.0 Å². The molecule has 0 aliphatic carbocycles. The van der Waals surface area contributed by atoms with E-state index in [1.165, 1.54) is 28.0 Å². The number of anilines is 2. The molecule has 1 spiro atoms. The molecule has 0 N–H and O–H groups in total. The van der Waals surface area contributed by atoms with Gasteiger partial charge in [0.15, 0.2) is 15.3 Å². The number of halogens is 1. The lowest BCUT2D eigenvalue weighted by molar-refractivity contribution is -0.121. The number of rotatable bonds is 6. The summed E-state index contributed by atoms with van der Waals surface area (Å²) >= 11 is 9.26. The van der Waals surface area contributed by atoms with Gasteiger partial charge in [0.1, 0.15) is 5.58 Å². The van der Waals surface area contributed by atoms with E-state index in [0.29, 0.717) is 31.9 Å². The molecule has 0 saturated heterocycles. The zero-order chi connectivity index (χ0) is 33.3. The molecule has 9 rings (SSSR count). The lowest BCUT2D eigenvalue weighted by atomic mass is 9.84. The fourth-order valence-corrected chi connectivity index (χ4v) is 9.06. The normalized spacial score (nSPS) is 16.7. The second-order valence-electron chi connectivity index (χ2n) is 11.8. The number of para-hydroxylation sites is 2. The first-order chi connectivity index (χ1) is 24.0. The van der Waals surface area contributed by atoms with Crippen molar-refractivity contribution in [1.29, 1.82) is 0 Å². The van der Waals surface area contributed by atoms with Crippen molar-refractivity contribution >= 4 is 79.1 Å². The van der Waals surface area contributed by atoms with Crippen LogP contribution in [-0.2, 0) is 22.6 Å². The first-order valence-electron chi connectivity index (χ1n) is 15.5. The Bertz CT molecular complexity index is 2560. The number of benzene rings is 5. The fourth-order valence-electron chi connectivity index (χ4n) is 6.97. The summed E-state index contributed by atoms with van der Waals surface area (Å²) in [6, 6.07) is 35.6. The number of hydrogen-bond acceptors (Lipinski definition) is 8. The first kappa shape index (κ1) is 29.8. The number of fused-ring (bicyclic) bond motifs is 6. The molecular weight excluding hydrogens is 676 g/mol. The summed E-state index contributed by atoms with van der Waals surface area (Å²) < 4.78 is 6.80. The average Bonchev–Trinajstić information content (AvgIpc) is 3.77. The van der Waals surface area contributed by atoms with Crippen molar-refractivity contribution < 1.29 is 14.0 Å². The topological polar surface area (TPSA) is 96.6 Å². The highest BCUT2D eigenvalue weighted by atomic mass is 35.5. The molecule has 1 unspecified atom stereocenters. The lowest BCUT2D eigenvalue weighted by Gasteiger charge is -2.32. The maximum atomic E-state index is 15.2. The SMILES string of the molecule is O=C1c2oc3ccccc3c(=O)c2C2(C(=O)N(Cc3ccccc3Cl)c3ccccc32)N1c1nnc(SCc2cccc3ccccc23)s1. The van der Waals surface area contributed by atoms with Crippen LogP contribution in [0.1, 0.15) is 32.8 Å². The summed E-state index contributed by atoms with van der Waals surface area (Å²) in [4.78, 5) is 47.2. The highest BCUT2D eigenvalue weighted by Crippen LogP contribution is 2.55. The van der Waals surface area contributed by atoms with Crippen LogP contribution in [0.3, 0.4) is 0 Å². The quantitative estimate of drug-likeness (QED) is 0.128. The minimum Gasteiger partial charge on any atom is -0.450 e. The van der Waals surface area contributed by atoms with Crippen molar-refractivity contribution in [3.05, 3.63) is 159 Å². The minimum absolute atomic E-state index is 0.0320. The molecule has 2 aliphatic rings. The number of carbonyl (C=O) groups excluding carboxylic acids is 2. The van der Waals surface area contributed by atoms with Gasteiger partial charge in [-0.3, -0.25) is 19.3 Å². The summed E-state index contributed by atoms with van der Waals surface area (Å²) in [6.07, 6.45) is 0. The lowest BCUT2D eigenvalue weighted by Crippen LogP contribution is -2.53. The molecular formula is C38H23ClN4O4S2. The Morgan fingerprint density at radius 1 is 0.776 bits per heavy atom. The molecule has 1 atom stereocenters. The highest BCUT2D eigenvalue weighted by molar-refractivity contribution is 8.00. The van der Waals surface area contributed by atoms with Gasteiger partial charge in [0.2, 0.25) is 10.9 Å². The predicted molar refractivity (Wildman–Crippen MR) is 193 cm³/mol. The number of hydrogen-bond donors (Lipinski definition) is 0. The van der Waals surface area contributed by atoms with E-state index in [1.807, 2.05) is 48.5 Å². The van der Waals surface area contributed by atoms with Gasteiger partial charge in [-0.2, -0.15) is 0 Å². The third-order valence-corrected chi connectivity index (χ3v) is 11.6. The maximum Gasteiger partial charge on any atom is 0.297 e. The molecule has 11 heteroatoms. The third-order valence-electron chi connectivity index (χ3n) is 9.14. The van der Waals surface area contributed by atoms with Gasteiger partial charge in [0.25, 0.3) is 11.8 Å². The van der Waals surface area contributed by atoms with Crippen molar-refractivity contribution in [2.24, 2.45) is 0 Å². The number of aromatic nitrogens is 2. The molecule has 0 radical (unpaired) electrons. The molecule has 5 aromatic carbocycles. The zero-order valence-electron chi connectivity index (χ0n) is 25.5. The molecule has 0 bridgehead atoms. The van der Waals surface area contributed by atoms with Crippen LogP contribution in [0.2, 0.25) is 5.02 Å². The molecule has 0 saturated carbocycles. The number of nitrogens with zero attached hydrogens (tertiary/aromatic N) is 4. The van der Waals surface area contributed by atoms with Crippen LogP contribution in [0.5, 0.6) is 0 Å². The van der Waals surface area contributed by atoms with Gasteiger partial charge in [-0.15, -0.1) is 10.2 Å². The largest absolute Gasteiger partial charge is 0.450 e. The van der Waals surface area contributed by atoms with Crippen LogP contribution in [0.25, 0.3) is 21.7 Å². The van der Waals surface area contributed by atoms with Gasteiger partial charge in [-0.05, 0) is 46.2 Å². The fraction of sp³-hybridized carbons (Fsp3) is 0.0789. The summed E-state index contributed by atoms with van der Waals surface area (Å²) in [5.41, 5.74) is 0.772. The van der Waals surface area contributed by atoms with Gasteiger partial charge in [0.05, 0.1) is 23.2 Å². The molecule has 2 amide bonds. The zero-order valence-corrected chi connectivity index (χ0v) is 27.9. The molecule has 0 fully saturated rings. The minimum atomic E-state index is -1.88. The van der Waals surface area contributed by atoms with E-state index in [2.05, 4.69) is 34.5 Å². The maximum absolute atomic E-state index is 15.2. The van der Waals surface area contributed by atoms with E-state index < -0.39 is 22.8 Å². The van der Waals surface area contributed by atoms with Crippen LogP contribution in [-0.4, -0.2) is 22.0 Å². The van der Waals surface area contributed by atoms with E-state index >= 15 is 4.79 Å². The molecule has 49 heavy (non-hydrogen) atoms. The highest BCUT2D eigenvalue weighted by Gasteiger charge is 2.66. The standard InChI is InChI=1S/C38H23ClN4O4S2/c39-28-17-6-2-11-23(28)20-42-29-18-7-5-16-27(29)38(35(42)46)31-32(44)26-15-4-8-19-30(26)47-33(31)34(45)43(38)36-40-41-37(49-36)48-21-24-13-9-12-22-10-1-3-14-25(22)24/h1-19H,20-21H2. The molecule has 238 valence electrons. The van der Waals surface area contributed by atoms with Crippen molar-refractivity contribution in [3.8, 4) is 0 Å². The average molecular weight is 699 g/mol. The van der Waals surface area contributed by atoms with Crippen molar-refractivity contribution in [3.63, 3.8) is 0 Å². The van der Waals surface area contributed by atoms with Crippen LogP contribution in [0.4, 0.5) is 10.8 Å². The van der Waals surface area contributed by atoms with Crippen molar-refractivity contribution in [1.82, 2.24) is 10.2 Å². The van der Waals surface area contributed by atoms with Crippen molar-refractivity contribution in [2.45, 2.75) is 22.2 Å². The van der Waals surface area contributed by atoms with Crippen LogP contribution >= 0.6 is 34.7 Å². The number of carbonyl (C=O) groups is 2. The second kappa shape index (κ2) is 11.4. The Balaban J connectivity index is 1.20. The molecule has 4 heterocycles. The molecule has 2 aromatic heterocycles. The second-order valence-corrected chi connectivity index (χ2v) is 14.3. The van der Waals surface area contributed by atoms with Crippen LogP contribution in [0.15, 0.2) is 129 Å². The van der Waals surface area contributed by atoms with E-state index in [4.69, 9.17) is 16.0 Å². The van der Waals surface area contributed by atoms with E-state index in [0.717, 1.165) is 16.3 Å². The van der Waals surface area contributed by atoms with E-state index in [9.17, 15) is 9.59 Å². The van der Waals surface area contributed by atoms with Gasteiger partial charge in [-0.25, -0.2) is 0 Å². The summed E-state index contributed by atoms with van der Waals surface area (Å²) in [7, 11) is 0. The Morgan fingerprint density at radius 2 is 1.49 bits per heavy atom. The van der Waals surface area contributed by atoms with Crippen LogP contribution in [0, 0.1) is 0 Å². The Morgan fingerprint density at radius 3 is 2.37 bits per heavy atom. The Labute approximate surface area is 292 Å². The molecule has 8 nitrogen and oxygen atoms in total. The van der Waals surface area contributed by atoms with Gasteiger partial charge < -0.3 is 9.32 Å². The smallest absolute Gasteiger partial charge is 0.297 e. The predicted octanol–water partition coefficient (Wildman–Crippen LogP) is 8.19. The monoisotopic (exact) mass is 698 g/mol. The van der Waals surface area contributed by atoms with Crippen LogP contribution < -0.4 is 15.2 Å². The molecule has 7 aromatic rings. The third kappa shape index (κ3) is 4.41. The van der Waals surface area contributed by atoms with Gasteiger partial charge >= 0.3 is 0 Å². The van der Waals surface area contributed by atoms with Gasteiger partial charge in [0, 0.05) is 16.3 Å². The molecule has 2 aliphatic heterocycles. The number of amides is 2. The Kier molecular flexibility index (Phi) is 6.94. The van der Waals surface area contributed by atoms with Gasteiger partial charge in [-0.1, -0.05) is 126 Å².